The van der Waals surface area contributed by atoms with Gasteiger partial charge in [0.15, 0.2) is 0 Å². The van der Waals surface area contributed by atoms with E-state index in [0.29, 0.717) is 5.69 Å². The molecule has 2 rings (SSSR count). The first kappa shape index (κ1) is 17.3. The van der Waals surface area contributed by atoms with Crippen molar-refractivity contribution in [3.05, 3.63) is 54.1 Å². The largest absolute Gasteiger partial charge is 0.435 e. The molecule has 1 amide bonds. The van der Waals surface area contributed by atoms with Crippen LogP contribution in [-0.2, 0) is 4.79 Å². The molecule has 122 valence electrons. The van der Waals surface area contributed by atoms with Crippen LogP contribution in [0, 0.1) is 6.92 Å². The predicted octanol–water partition coefficient (Wildman–Crippen LogP) is 4.72. The molecule has 0 aromatic heterocycles. The summed E-state index contributed by atoms with van der Waals surface area (Å²) in [4.78, 5) is 13.3. The molecule has 0 spiro atoms. The minimum absolute atomic E-state index is 0.0559. The van der Waals surface area contributed by atoms with Crippen molar-refractivity contribution in [2.24, 2.45) is 0 Å². The maximum absolute atomic E-state index is 12.2. The number of hydrogen-bond acceptors (Lipinski definition) is 3. The van der Waals surface area contributed by atoms with Crippen LogP contribution in [0.5, 0.6) is 5.75 Å². The molecule has 1 atom stereocenters. The Hall–Kier alpha value is -2.08. The third kappa shape index (κ3) is 5.25. The van der Waals surface area contributed by atoms with Crippen LogP contribution in [-0.4, -0.2) is 17.8 Å². The first-order chi connectivity index (χ1) is 11.0. The maximum Gasteiger partial charge on any atom is 0.387 e. The van der Waals surface area contributed by atoms with Crippen LogP contribution < -0.4 is 10.1 Å². The van der Waals surface area contributed by atoms with Crippen LogP contribution in [0.25, 0.3) is 0 Å². The smallest absolute Gasteiger partial charge is 0.387 e. The molecule has 1 N–H and O–H groups in total. The Morgan fingerprint density at radius 3 is 2.39 bits per heavy atom. The first-order valence-corrected chi connectivity index (χ1v) is 7.91. The molecule has 0 fully saturated rings. The summed E-state index contributed by atoms with van der Waals surface area (Å²) >= 11 is 1.47. The van der Waals surface area contributed by atoms with Crippen molar-refractivity contribution in [3.8, 4) is 5.75 Å². The molecule has 0 aliphatic carbocycles. The molecule has 0 heterocycles. The SMILES string of the molecule is Cc1ccccc1SC(C)C(=O)Nc1ccc(OC(F)F)cc1. The van der Waals surface area contributed by atoms with E-state index in [1.54, 1.807) is 0 Å². The highest BCUT2D eigenvalue weighted by Gasteiger charge is 2.15. The van der Waals surface area contributed by atoms with Crippen LogP contribution in [0.15, 0.2) is 53.4 Å². The van der Waals surface area contributed by atoms with Crippen LogP contribution in [0.4, 0.5) is 14.5 Å². The Labute approximate surface area is 138 Å². The highest BCUT2D eigenvalue weighted by molar-refractivity contribution is 8.00. The lowest BCUT2D eigenvalue weighted by atomic mass is 10.2. The van der Waals surface area contributed by atoms with Crippen LogP contribution in [0.3, 0.4) is 0 Å². The van der Waals surface area contributed by atoms with E-state index in [-0.39, 0.29) is 16.9 Å². The van der Waals surface area contributed by atoms with Gasteiger partial charge in [0.25, 0.3) is 0 Å². The van der Waals surface area contributed by atoms with Crippen molar-refractivity contribution in [3.63, 3.8) is 0 Å². The summed E-state index contributed by atoms with van der Waals surface area (Å²) in [6.45, 7) is 0.955. The summed E-state index contributed by atoms with van der Waals surface area (Å²) in [5.41, 5.74) is 1.65. The number of carbonyl (C=O) groups is 1. The number of alkyl halides is 2. The summed E-state index contributed by atoms with van der Waals surface area (Å²) in [7, 11) is 0. The number of rotatable bonds is 6. The van der Waals surface area contributed by atoms with Gasteiger partial charge in [-0.2, -0.15) is 8.78 Å². The lowest BCUT2D eigenvalue weighted by Crippen LogP contribution is -2.22. The number of hydrogen-bond donors (Lipinski definition) is 1. The average Bonchev–Trinajstić information content (AvgIpc) is 2.51. The van der Waals surface area contributed by atoms with Gasteiger partial charge in [0.2, 0.25) is 5.91 Å². The molecule has 0 saturated carbocycles. The van der Waals surface area contributed by atoms with Gasteiger partial charge in [-0.1, -0.05) is 18.2 Å². The van der Waals surface area contributed by atoms with E-state index in [2.05, 4.69) is 10.1 Å². The molecule has 0 bridgehead atoms. The number of nitrogens with one attached hydrogen (secondary N) is 1. The second-order valence-corrected chi connectivity index (χ2v) is 6.30. The molecule has 2 aromatic carbocycles. The monoisotopic (exact) mass is 337 g/mol. The van der Waals surface area contributed by atoms with Crippen molar-refractivity contribution < 1.29 is 18.3 Å². The number of thioether (sulfide) groups is 1. The van der Waals surface area contributed by atoms with Gasteiger partial charge in [-0.25, -0.2) is 0 Å². The molecule has 6 heteroatoms. The van der Waals surface area contributed by atoms with Crippen molar-refractivity contribution in [1.29, 1.82) is 0 Å². The highest BCUT2D eigenvalue weighted by Crippen LogP contribution is 2.27. The third-order valence-corrected chi connectivity index (χ3v) is 4.39. The molecule has 3 nitrogen and oxygen atoms in total. The quantitative estimate of drug-likeness (QED) is 0.776. The van der Waals surface area contributed by atoms with Gasteiger partial charge < -0.3 is 10.1 Å². The van der Waals surface area contributed by atoms with Crippen LogP contribution in [0.2, 0.25) is 0 Å². The zero-order valence-corrected chi connectivity index (χ0v) is 13.6. The van der Waals surface area contributed by atoms with Crippen LogP contribution >= 0.6 is 11.8 Å². The lowest BCUT2D eigenvalue weighted by Gasteiger charge is -2.13. The number of halogens is 2. The van der Waals surface area contributed by atoms with Gasteiger partial charge in [0, 0.05) is 10.6 Å². The number of benzene rings is 2. The molecule has 2 aromatic rings. The Balaban J connectivity index is 1.94. The van der Waals surface area contributed by atoms with Crippen molar-refractivity contribution in [2.75, 3.05) is 5.32 Å². The Kier molecular flexibility index (Phi) is 5.98. The Bertz CT molecular complexity index is 662. The standard InChI is InChI=1S/C17H17F2NO2S/c1-11-5-3-4-6-15(11)23-12(2)16(21)20-13-7-9-14(10-8-13)22-17(18)19/h3-10,12,17H,1-2H3,(H,20,21). The summed E-state index contributed by atoms with van der Waals surface area (Å²) in [6, 6.07) is 13.7. The second kappa shape index (κ2) is 7.97. The molecule has 0 saturated heterocycles. The molecule has 23 heavy (non-hydrogen) atoms. The maximum atomic E-state index is 12.2. The zero-order chi connectivity index (χ0) is 16.8. The molecule has 1 unspecified atom stereocenters. The Morgan fingerprint density at radius 2 is 1.78 bits per heavy atom. The lowest BCUT2D eigenvalue weighted by molar-refractivity contribution is -0.115. The third-order valence-electron chi connectivity index (χ3n) is 3.11. The summed E-state index contributed by atoms with van der Waals surface area (Å²) in [6.07, 6.45) is 0. The van der Waals surface area contributed by atoms with Gasteiger partial charge in [-0.05, 0) is 49.7 Å². The fraction of sp³-hybridized carbons (Fsp3) is 0.235. The van der Waals surface area contributed by atoms with E-state index >= 15 is 0 Å². The second-order valence-electron chi connectivity index (χ2n) is 4.92. The van der Waals surface area contributed by atoms with Gasteiger partial charge in [0.05, 0.1) is 5.25 Å². The normalized spacial score (nSPS) is 12.0. The Morgan fingerprint density at radius 1 is 1.13 bits per heavy atom. The fourth-order valence-electron chi connectivity index (χ4n) is 1.90. The van der Waals surface area contributed by atoms with Gasteiger partial charge in [0.1, 0.15) is 5.75 Å². The minimum atomic E-state index is -2.86. The highest BCUT2D eigenvalue weighted by atomic mass is 32.2. The van der Waals surface area contributed by atoms with Gasteiger partial charge in [-0.3, -0.25) is 4.79 Å². The molecule has 0 aliphatic heterocycles. The minimum Gasteiger partial charge on any atom is -0.435 e. The first-order valence-electron chi connectivity index (χ1n) is 7.03. The molecular weight excluding hydrogens is 320 g/mol. The number of aryl methyl sites for hydroxylation is 1. The molecule has 0 radical (unpaired) electrons. The fourth-order valence-corrected chi connectivity index (χ4v) is 2.85. The topological polar surface area (TPSA) is 38.3 Å². The van der Waals surface area contributed by atoms with E-state index in [9.17, 15) is 13.6 Å². The van der Waals surface area contributed by atoms with E-state index in [4.69, 9.17) is 0 Å². The number of amides is 1. The summed E-state index contributed by atoms with van der Waals surface area (Å²) in [5.74, 6) is -0.0962. The van der Waals surface area contributed by atoms with E-state index in [0.717, 1.165) is 10.5 Å². The summed E-state index contributed by atoms with van der Waals surface area (Å²) < 4.78 is 28.4. The summed E-state index contributed by atoms with van der Waals surface area (Å²) in [5, 5.41) is 2.47. The van der Waals surface area contributed by atoms with E-state index < -0.39 is 6.61 Å². The van der Waals surface area contributed by atoms with Gasteiger partial charge >= 0.3 is 6.61 Å². The number of anilines is 1. The van der Waals surface area contributed by atoms with Crippen LogP contribution in [0.1, 0.15) is 12.5 Å². The van der Waals surface area contributed by atoms with Crippen molar-refractivity contribution in [2.45, 2.75) is 30.6 Å². The van der Waals surface area contributed by atoms with Gasteiger partial charge in [-0.15, -0.1) is 11.8 Å². The van der Waals surface area contributed by atoms with E-state index in [1.165, 1.54) is 36.0 Å². The number of ether oxygens (including phenoxy) is 1. The predicted molar refractivity (Wildman–Crippen MR) is 88.2 cm³/mol. The van der Waals surface area contributed by atoms with Crippen molar-refractivity contribution >= 4 is 23.4 Å². The van der Waals surface area contributed by atoms with Crippen molar-refractivity contribution in [1.82, 2.24) is 0 Å². The van der Waals surface area contributed by atoms with E-state index in [1.807, 2.05) is 38.1 Å². The average molecular weight is 337 g/mol. The zero-order valence-electron chi connectivity index (χ0n) is 12.8. The molecular formula is C17H17F2NO2S. The molecule has 0 aliphatic rings. The number of carbonyl (C=O) groups excluding carboxylic acids is 1.